The maximum Gasteiger partial charge on any atom is 0.125 e. The van der Waals surface area contributed by atoms with Gasteiger partial charge in [-0.3, -0.25) is 0 Å². The summed E-state index contributed by atoms with van der Waals surface area (Å²) in [5.41, 5.74) is 3.69. The number of rotatable bonds is 2. The van der Waals surface area contributed by atoms with Crippen molar-refractivity contribution < 1.29 is 4.74 Å². The molecular weight excluding hydrogens is 314 g/mol. The molecule has 0 radical (unpaired) electrons. The van der Waals surface area contributed by atoms with Gasteiger partial charge in [0, 0.05) is 15.7 Å². The van der Waals surface area contributed by atoms with E-state index in [1.807, 2.05) is 0 Å². The second-order valence-electron chi connectivity index (χ2n) is 5.24. The number of nitrogens with one attached hydrogen (secondary N) is 1. The Morgan fingerprint density at radius 3 is 2.95 bits per heavy atom. The van der Waals surface area contributed by atoms with Crippen LogP contribution in [0.3, 0.4) is 0 Å². The molecule has 0 aliphatic carbocycles. The third-order valence-corrected chi connectivity index (χ3v) is 4.10. The third-order valence-electron chi connectivity index (χ3n) is 3.60. The second kappa shape index (κ2) is 5.88. The normalized spacial score (nSPS) is 17.8. The van der Waals surface area contributed by atoms with E-state index in [0.29, 0.717) is 6.04 Å². The topological polar surface area (TPSA) is 21.3 Å². The first-order chi connectivity index (χ1) is 9.72. The van der Waals surface area contributed by atoms with Gasteiger partial charge in [-0.1, -0.05) is 34.1 Å². The van der Waals surface area contributed by atoms with Gasteiger partial charge in [-0.05, 0) is 49.6 Å². The van der Waals surface area contributed by atoms with Gasteiger partial charge in [0.05, 0.1) is 12.6 Å². The van der Waals surface area contributed by atoms with Crippen molar-refractivity contribution in [2.75, 3.05) is 11.9 Å². The molecule has 3 rings (SSSR count). The lowest BCUT2D eigenvalue weighted by Crippen LogP contribution is -2.10. The molecule has 0 fully saturated rings. The molecule has 0 saturated carbocycles. The summed E-state index contributed by atoms with van der Waals surface area (Å²) in [5.74, 6) is 0.988. The molecule has 1 atom stereocenters. The zero-order valence-corrected chi connectivity index (χ0v) is 13.1. The number of hydrogen-bond acceptors (Lipinski definition) is 2. The zero-order valence-electron chi connectivity index (χ0n) is 11.5. The van der Waals surface area contributed by atoms with Crippen molar-refractivity contribution in [1.82, 2.24) is 0 Å². The van der Waals surface area contributed by atoms with Crippen LogP contribution in [-0.2, 0) is 0 Å². The summed E-state index contributed by atoms with van der Waals surface area (Å²) in [7, 11) is 0. The molecule has 0 aromatic heterocycles. The molecule has 0 bridgehead atoms. The Labute approximate surface area is 128 Å². The smallest absolute Gasteiger partial charge is 0.125 e. The molecule has 2 aromatic carbocycles. The minimum atomic E-state index is 0.308. The van der Waals surface area contributed by atoms with E-state index in [2.05, 4.69) is 70.6 Å². The summed E-state index contributed by atoms with van der Waals surface area (Å²) in [6, 6.07) is 15.1. The third kappa shape index (κ3) is 2.98. The lowest BCUT2D eigenvalue weighted by Gasteiger charge is -2.20. The van der Waals surface area contributed by atoms with E-state index in [9.17, 15) is 0 Å². The van der Waals surface area contributed by atoms with Crippen LogP contribution in [0.25, 0.3) is 0 Å². The SMILES string of the molecule is Cc1cccc(NC2CCCOc3cc(Br)ccc32)c1. The Bertz CT molecular complexity index is 612. The fraction of sp³-hybridized carbons (Fsp3) is 0.294. The molecule has 0 spiro atoms. The molecule has 1 heterocycles. The second-order valence-corrected chi connectivity index (χ2v) is 6.15. The summed E-state index contributed by atoms with van der Waals surface area (Å²) in [4.78, 5) is 0. The minimum absolute atomic E-state index is 0.308. The van der Waals surface area contributed by atoms with Crippen molar-refractivity contribution in [2.24, 2.45) is 0 Å². The molecule has 1 aliphatic rings. The van der Waals surface area contributed by atoms with E-state index in [-0.39, 0.29) is 0 Å². The number of benzene rings is 2. The molecule has 1 aliphatic heterocycles. The molecule has 20 heavy (non-hydrogen) atoms. The Kier molecular flexibility index (Phi) is 3.97. The molecule has 0 amide bonds. The van der Waals surface area contributed by atoms with Gasteiger partial charge in [0.2, 0.25) is 0 Å². The van der Waals surface area contributed by atoms with Crippen LogP contribution in [0.1, 0.15) is 30.0 Å². The minimum Gasteiger partial charge on any atom is -0.493 e. The Morgan fingerprint density at radius 2 is 2.10 bits per heavy atom. The highest BCUT2D eigenvalue weighted by Gasteiger charge is 2.19. The van der Waals surface area contributed by atoms with Crippen LogP contribution in [0, 0.1) is 6.92 Å². The molecular formula is C17H18BrNO. The van der Waals surface area contributed by atoms with Crippen molar-refractivity contribution in [3.63, 3.8) is 0 Å². The molecule has 104 valence electrons. The van der Waals surface area contributed by atoms with Crippen molar-refractivity contribution in [1.29, 1.82) is 0 Å². The highest BCUT2D eigenvalue weighted by molar-refractivity contribution is 9.10. The van der Waals surface area contributed by atoms with Crippen LogP contribution < -0.4 is 10.1 Å². The lowest BCUT2D eigenvalue weighted by molar-refractivity contribution is 0.316. The van der Waals surface area contributed by atoms with Gasteiger partial charge in [0.15, 0.2) is 0 Å². The summed E-state index contributed by atoms with van der Waals surface area (Å²) in [5, 5.41) is 3.64. The fourth-order valence-electron chi connectivity index (χ4n) is 2.63. The van der Waals surface area contributed by atoms with Gasteiger partial charge in [-0.25, -0.2) is 0 Å². The predicted octanol–water partition coefficient (Wildman–Crippen LogP) is 5.08. The average molecular weight is 332 g/mol. The molecule has 1 unspecified atom stereocenters. The van der Waals surface area contributed by atoms with Crippen LogP contribution in [0.5, 0.6) is 5.75 Å². The largest absolute Gasteiger partial charge is 0.493 e. The highest BCUT2D eigenvalue weighted by Crippen LogP contribution is 2.35. The van der Waals surface area contributed by atoms with E-state index in [0.717, 1.165) is 29.7 Å². The lowest BCUT2D eigenvalue weighted by atomic mass is 10.0. The number of ether oxygens (including phenoxy) is 1. The van der Waals surface area contributed by atoms with Crippen LogP contribution >= 0.6 is 15.9 Å². The van der Waals surface area contributed by atoms with Gasteiger partial charge >= 0.3 is 0 Å². The molecule has 2 nitrogen and oxygen atoms in total. The van der Waals surface area contributed by atoms with Crippen molar-refractivity contribution >= 4 is 21.6 Å². The maximum absolute atomic E-state index is 5.85. The molecule has 0 saturated heterocycles. The first-order valence-electron chi connectivity index (χ1n) is 6.98. The monoisotopic (exact) mass is 331 g/mol. The molecule has 2 aromatic rings. The van der Waals surface area contributed by atoms with Gasteiger partial charge < -0.3 is 10.1 Å². The van der Waals surface area contributed by atoms with Crippen molar-refractivity contribution in [3.05, 3.63) is 58.1 Å². The first-order valence-corrected chi connectivity index (χ1v) is 7.77. The number of anilines is 1. The van der Waals surface area contributed by atoms with Crippen LogP contribution in [-0.4, -0.2) is 6.61 Å². The van der Waals surface area contributed by atoms with E-state index in [1.165, 1.54) is 16.8 Å². The van der Waals surface area contributed by atoms with Crippen molar-refractivity contribution in [2.45, 2.75) is 25.8 Å². The van der Waals surface area contributed by atoms with E-state index < -0.39 is 0 Å². The van der Waals surface area contributed by atoms with E-state index >= 15 is 0 Å². The van der Waals surface area contributed by atoms with Crippen LogP contribution in [0.4, 0.5) is 5.69 Å². The Morgan fingerprint density at radius 1 is 1.20 bits per heavy atom. The summed E-state index contributed by atoms with van der Waals surface area (Å²) >= 11 is 3.51. The predicted molar refractivity (Wildman–Crippen MR) is 86.4 cm³/mol. The van der Waals surface area contributed by atoms with Gasteiger partial charge in [-0.15, -0.1) is 0 Å². The summed E-state index contributed by atoms with van der Waals surface area (Å²) in [6.07, 6.45) is 2.15. The standard InChI is InChI=1S/C17H18BrNO/c1-12-4-2-5-14(10-12)19-16-6-3-9-20-17-11-13(18)7-8-15(16)17/h2,4-5,7-8,10-11,16,19H,3,6,9H2,1H3. The van der Waals surface area contributed by atoms with Crippen molar-refractivity contribution in [3.8, 4) is 5.75 Å². The van der Waals surface area contributed by atoms with E-state index in [4.69, 9.17) is 4.74 Å². The van der Waals surface area contributed by atoms with Gasteiger partial charge in [0.25, 0.3) is 0 Å². The summed E-state index contributed by atoms with van der Waals surface area (Å²) in [6.45, 7) is 2.90. The maximum atomic E-state index is 5.85. The Hall–Kier alpha value is -1.48. The Balaban J connectivity index is 1.90. The fourth-order valence-corrected chi connectivity index (χ4v) is 2.97. The highest BCUT2D eigenvalue weighted by atomic mass is 79.9. The van der Waals surface area contributed by atoms with Crippen LogP contribution in [0.2, 0.25) is 0 Å². The van der Waals surface area contributed by atoms with Gasteiger partial charge in [-0.2, -0.15) is 0 Å². The van der Waals surface area contributed by atoms with E-state index in [1.54, 1.807) is 0 Å². The summed E-state index contributed by atoms with van der Waals surface area (Å²) < 4.78 is 6.91. The molecule has 1 N–H and O–H groups in total. The average Bonchev–Trinajstić information content (AvgIpc) is 2.61. The first kappa shape index (κ1) is 13.5. The molecule has 3 heteroatoms. The van der Waals surface area contributed by atoms with Gasteiger partial charge in [0.1, 0.15) is 5.75 Å². The quantitative estimate of drug-likeness (QED) is 0.828. The zero-order chi connectivity index (χ0) is 13.9. The number of aryl methyl sites for hydroxylation is 1. The van der Waals surface area contributed by atoms with Crippen LogP contribution in [0.15, 0.2) is 46.9 Å². The number of halogens is 1. The number of hydrogen-bond donors (Lipinski definition) is 1. The number of fused-ring (bicyclic) bond motifs is 1.